The predicted octanol–water partition coefficient (Wildman–Crippen LogP) is 3.49. The Morgan fingerprint density at radius 1 is 1.23 bits per heavy atom. The van der Waals surface area contributed by atoms with Crippen molar-refractivity contribution in [3.63, 3.8) is 0 Å². The molecule has 12 heteroatoms. The highest BCUT2D eigenvalue weighted by Gasteiger charge is 2.27. The topological polar surface area (TPSA) is 109 Å². The number of carbonyl (C=O) groups excluding carboxylic acids is 2. The molecular formula is C23H27F2N7O2S. The van der Waals surface area contributed by atoms with E-state index >= 15 is 0 Å². The lowest BCUT2D eigenvalue weighted by molar-refractivity contribution is -0.129. The molecule has 2 amide bonds. The number of aryl methyl sites for hydroxylation is 1. The number of amides is 2. The second kappa shape index (κ2) is 9.98. The van der Waals surface area contributed by atoms with E-state index in [1.54, 1.807) is 23.6 Å². The van der Waals surface area contributed by atoms with Gasteiger partial charge in [-0.25, -0.2) is 13.8 Å². The van der Waals surface area contributed by atoms with Crippen LogP contribution in [0.2, 0.25) is 0 Å². The van der Waals surface area contributed by atoms with Gasteiger partial charge in [-0.15, -0.1) is 0 Å². The number of nitrogens with zero attached hydrogens (tertiary/aromatic N) is 5. The van der Waals surface area contributed by atoms with Gasteiger partial charge in [-0.1, -0.05) is 17.4 Å². The molecule has 35 heavy (non-hydrogen) atoms. The first-order valence-corrected chi connectivity index (χ1v) is 12.0. The molecule has 3 heterocycles. The molecule has 1 aromatic carbocycles. The van der Waals surface area contributed by atoms with Crippen molar-refractivity contribution in [1.82, 2.24) is 19.7 Å². The molecule has 1 aliphatic rings. The Morgan fingerprint density at radius 2 is 1.94 bits per heavy atom. The maximum absolute atomic E-state index is 14.2. The number of rotatable bonds is 5. The number of hydrogen-bond acceptors (Lipinski definition) is 7. The maximum atomic E-state index is 14.2. The van der Waals surface area contributed by atoms with E-state index in [0.717, 1.165) is 55.1 Å². The summed E-state index contributed by atoms with van der Waals surface area (Å²) >= 11 is 0.843. The Hall–Kier alpha value is -3.54. The Bertz CT molecular complexity index is 1240. The first kappa shape index (κ1) is 24.6. The first-order chi connectivity index (χ1) is 16.7. The third-order valence-electron chi connectivity index (χ3n) is 6.24. The number of nitrogens with two attached hydrogens (primary N) is 1. The van der Waals surface area contributed by atoms with Crippen molar-refractivity contribution in [3.05, 3.63) is 41.7 Å². The molecule has 1 fully saturated rings. The van der Waals surface area contributed by atoms with Crippen LogP contribution in [0.4, 0.5) is 25.3 Å². The fourth-order valence-electron chi connectivity index (χ4n) is 4.31. The van der Waals surface area contributed by atoms with Crippen LogP contribution in [0.3, 0.4) is 0 Å². The van der Waals surface area contributed by atoms with Crippen molar-refractivity contribution in [2.24, 2.45) is 7.05 Å². The van der Waals surface area contributed by atoms with Crippen LogP contribution < -0.4 is 16.0 Å². The third-order valence-corrected chi connectivity index (χ3v) is 7.14. The Kier molecular flexibility index (Phi) is 7.01. The van der Waals surface area contributed by atoms with Crippen LogP contribution in [0, 0.1) is 11.6 Å². The predicted molar refractivity (Wildman–Crippen MR) is 131 cm³/mol. The summed E-state index contributed by atoms with van der Waals surface area (Å²) < 4.78 is 30.1. The van der Waals surface area contributed by atoms with Gasteiger partial charge in [-0.2, -0.15) is 5.10 Å². The van der Waals surface area contributed by atoms with Gasteiger partial charge >= 0.3 is 0 Å². The van der Waals surface area contributed by atoms with Crippen LogP contribution in [0.5, 0.6) is 0 Å². The van der Waals surface area contributed by atoms with Crippen LogP contribution in [0.25, 0.3) is 10.6 Å². The number of aromatic nitrogens is 3. The second-order valence-electron chi connectivity index (χ2n) is 8.49. The van der Waals surface area contributed by atoms with Gasteiger partial charge in [0, 0.05) is 40.2 Å². The van der Waals surface area contributed by atoms with E-state index in [1.165, 1.54) is 12.3 Å². The molecule has 1 atom stereocenters. The van der Waals surface area contributed by atoms with E-state index in [4.69, 9.17) is 5.73 Å². The second-order valence-corrected chi connectivity index (χ2v) is 9.52. The lowest BCUT2D eigenvalue weighted by Gasteiger charge is -2.27. The Morgan fingerprint density at radius 3 is 2.63 bits per heavy atom. The summed E-state index contributed by atoms with van der Waals surface area (Å²) in [6.45, 7) is 2.98. The highest BCUT2D eigenvalue weighted by Crippen LogP contribution is 2.34. The quantitative estimate of drug-likeness (QED) is 0.552. The molecule has 3 N–H and O–H groups in total. The summed E-state index contributed by atoms with van der Waals surface area (Å²) in [4.78, 5) is 32.9. The zero-order chi connectivity index (χ0) is 25.3. The number of nitrogens with one attached hydrogen (secondary N) is 1. The summed E-state index contributed by atoms with van der Waals surface area (Å²) in [5.74, 6) is -1.41. The molecule has 3 aromatic rings. The molecule has 0 bridgehead atoms. The average Bonchev–Trinajstić information content (AvgIpc) is 3.26. The zero-order valence-corrected chi connectivity index (χ0v) is 20.5. The molecule has 9 nitrogen and oxygen atoms in total. The molecule has 0 aliphatic carbocycles. The Balaban J connectivity index is 1.54. The summed E-state index contributed by atoms with van der Waals surface area (Å²) in [5.41, 5.74) is 6.04. The van der Waals surface area contributed by atoms with Crippen molar-refractivity contribution in [3.8, 4) is 10.6 Å². The van der Waals surface area contributed by atoms with Gasteiger partial charge in [0.1, 0.15) is 27.3 Å². The number of benzene rings is 1. The number of hydrogen-bond donors (Lipinski definition) is 2. The van der Waals surface area contributed by atoms with Crippen molar-refractivity contribution >= 4 is 39.7 Å². The fraction of sp³-hybridized carbons (Fsp3) is 0.391. The minimum atomic E-state index is -0.782. The van der Waals surface area contributed by atoms with Crippen LogP contribution in [0.15, 0.2) is 24.4 Å². The average molecular weight is 504 g/mol. The van der Waals surface area contributed by atoms with Crippen molar-refractivity contribution < 1.29 is 18.4 Å². The van der Waals surface area contributed by atoms with Gasteiger partial charge in [0.15, 0.2) is 11.5 Å². The monoisotopic (exact) mass is 503 g/mol. The van der Waals surface area contributed by atoms with Crippen LogP contribution in [0.1, 0.15) is 36.7 Å². The largest absolute Gasteiger partial charge is 0.389 e. The summed E-state index contributed by atoms with van der Waals surface area (Å²) in [6, 6.07) is 3.65. The van der Waals surface area contributed by atoms with Gasteiger partial charge in [-0.3, -0.25) is 14.3 Å². The molecule has 4 rings (SSSR count). The van der Waals surface area contributed by atoms with Gasteiger partial charge < -0.3 is 20.9 Å². The first-order valence-electron chi connectivity index (χ1n) is 11.2. The Labute approximate surface area is 205 Å². The molecule has 1 aliphatic heterocycles. The molecule has 2 aromatic heterocycles. The maximum Gasteiger partial charge on any atom is 0.277 e. The van der Waals surface area contributed by atoms with E-state index in [-0.39, 0.29) is 33.2 Å². The van der Waals surface area contributed by atoms with Crippen molar-refractivity contribution in [2.75, 3.05) is 36.1 Å². The third kappa shape index (κ3) is 4.97. The van der Waals surface area contributed by atoms with E-state index in [9.17, 15) is 18.4 Å². The van der Waals surface area contributed by atoms with Gasteiger partial charge in [0.05, 0.1) is 11.8 Å². The van der Waals surface area contributed by atoms with Crippen LogP contribution in [-0.2, 0) is 11.8 Å². The normalized spacial score (nSPS) is 16.1. The van der Waals surface area contributed by atoms with Gasteiger partial charge in [0.25, 0.3) is 5.91 Å². The van der Waals surface area contributed by atoms with Crippen molar-refractivity contribution in [2.45, 2.75) is 32.2 Å². The van der Waals surface area contributed by atoms with E-state index in [1.807, 2.05) is 7.05 Å². The fourth-order valence-corrected chi connectivity index (χ4v) is 5.19. The highest BCUT2D eigenvalue weighted by atomic mass is 32.1. The lowest BCUT2D eigenvalue weighted by Crippen LogP contribution is -2.36. The molecule has 186 valence electrons. The van der Waals surface area contributed by atoms with E-state index in [0.29, 0.717) is 12.2 Å². The molecule has 0 spiro atoms. The molecule has 0 saturated carbocycles. The zero-order valence-electron chi connectivity index (χ0n) is 19.7. The van der Waals surface area contributed by atoms with Crippen LogP contribution in [-0.4, -0.2) is 57.7 Å². The summed E-state index contributed by atoms with van der Waals surface area (Å²) in [6.07, 6.45) is 4.08. The molecule has 1 saturated heterocycles. The highest BCUT2D eigenvalue weighted by molar-refractivity contribution is 7.19. The number of anilines is 3. The molecule has 0 unspecified atom stereocenters. The smallest absolute Gasteiger partial charge is 0.277 e. The van der Waals surface area contributed by atoms with E-state index < -0.39 is 17.5 Å². The SMILES string of the molecule is CC(=O)N(C)[C@@H]1CCCN(c2c(NC(=O)c3nc(-c4c(F)cccc4F)sc3N)cnn2C)CC1. The molecular weight excluding hydrogens is 476 g/mol. The van der Waals surface area contributed by atoms with Gasteiger partial charge in [-0.05, 0) is 31.4 Å². The number of nitrogen functional groups attached to an aromatic ring is 1. The standard InChI is InChI=1S/C23H27F2N7O2S/c1-13(33)30(2)14-6-5-10-32(11-9-14)23-17(12-27-31(23)3)28-21(34)19-20(26)35-22(29-19)18-15(24)7-4-8-16(18)25/h4,7-8,12,14H,5-6,9-11,26H2,1-3H3,(H,28,34)/t14-/m1/s1. The number of carbonyl (C=O) groups is 2. The van der Waals surface area contributed by atoms with Gasteiger partial charge in [0.2, 0.25) is 5.91 Å². The summed E-state index contributed by atoms with van der Waals surface area (Å²) in [7, 11) is 3.60. The summed E-state index contributed by atoms with van der Waals surface area (Å²) in [5, 5.41) is 7.14. The minimum Gasteiger partial charge on any atom is -0.389 e. The molecule has 0 radical (unpaired) electrons. The number of halogens is 2. The number of thiazole rings is 1. The lowest BCUT2D eigenvalue weighted by atomic mass is 10.1. The van der Waals surface area contributed by atoms with Crippen molar-refractivity contribution in [1.29, 1.82) is 0 Å². The van der Waals surface area contributed by atoms with Crippen LogP contribution >= 0.6 is 11.3 Å². The minimum absolute atomic E-state index is 0.0113. The van der Waals surface area contributed by atoms with E-state index in [2.05, 4.69) is 20.3 Å².